The first kappa shape index (κ1) is 21.9. The number of carbonyl (C=O) groups excluding carboxylic acids is 1. The molecule has 0 unspecified atom stereocenters. The zero-order valence-electron chi connectivity index (χ0n) is 19.1. The molecule has 0 bridgehead atoms. The Balaban J connectivity index is 1.68. The van der Waals surface area contributed by atoms with Gasteiger partial charge in [0.15, 0.2) is 17.3 Å². The standard InChI is InChI=1S/C24H22N4O5S/c1-5-10-27-15-9-7-6-8-14(15)18(22(27)29)20-23(30)28-24(34-20)25-21(26-28)13-11-16(31-2)19(33-4)17(12-13)32-3/h6-9,11-12H,5,10H2,1-4H3. The fourth-order valence-corrected chi connectivity index (χ4v) is 5.16. The minimum atomic E-state index is -0.373. The van der Waals surface area contributed by atoms with Crippen molar-refractivity contribution in [2.24, 2.45) is 0 Å². The van der Waals surface area contributed by atoms with E-state index in [9.17, 15) is 9.59 Å². The number of benzene rings is 2. The molecular formula is C24H22N4O5S. The second-order valence-corrected chi connectivity index (χ2v) is 8.61. The molecule has 174 valence electrons. The van der Waals surface area contributed by atoms with Crippen LogP contribution < -0.4 is 29.2 Å². The van der Waals surface area contributed by atoms with Crippen LogP contribution >= 0.6 is 11.3 Å². The van der Waals surface area contributed by atoms with Crippen LogP contribution in [0.15, 0.2) is 41.2 Å². The third-order valence-corrected chi connectivity index (χ3v) is 6.71. The van der Waals surface area contributed by atoms with Gasteiger partial charge in [0.2, 0.25) is 10.7 Å². The van der Waals surface area contributed by atoms with Crippen molar-refractivity contribution in [1.82, 2.24) is 14.6 Å². The average molecular weight is 479 g/mol. The fraction of sp³-hybridized carbons (Fsp3) is 0.250. The van der Waals surface area contributed by atoms with Gasteiger partial charge in [-0.2, -0.15) is 9.50 Å². The Bertz CT molecular complexity index is 1520. The topological polar surface area (TPSA) is 95.3 Å². The lowest BCUT2D eigenvalue weighted by molar-refractivity contribution is -0.113. The third-order valence-electron chi connectivity index (χ3n) is 5.68. The van der Waals surface area contributed by atoms with Gasteiger partial charge < -0.3 is 19.1 Å². The lowest BCUT2D eigenvalue weighted by atomic mass is 10.1. The number of fused-ring (bicyclic) bond motifs is 2. The van der Waals surface area contributed by atoms with E-state index in [-0.39, 0.29) is 11.5 Å². The van der Waals surface area contributed by atoms with Gasteiger partial charge in [0, 0.05) is 17.7 Å². The Morgan fingerprint density at radius 3 is 2.32 bits per heavy atom. The van der Waals surface area contributed by atoms with Crippen LogP contribution in [-0.4, -0.2) is 48.4 Å². The van der Waals surface area contributed by atoms with Crippen molar-refractivity contribution < 1.29 is 19.0 Å². The van der Waals surface area contributed by atoms with Crippen molar-refractivity contribution in [3.05, 3.63) is 56.8 Å². The van der Waals surface area contributed by atoms with Crippen LogP contribution in [0.25, 0.3) is 21.9 Å². The predicted octanol–water partition coefficient (Wildman–Crippen LogP) is 2.52. The molecule has 5 rings (SSSR count). The van der Waals surface area contributed by atoms with Gasteiger partial charge in [0.05, 0.1) is 32.6 Å². The summed E-state index contributed by atoms with van der Waals surface area (Å²) in [6, 6.07) is 11.0. The van der Waals surface area contributed by atoms with E-state index in [1.807, 2.05) is 31.2 Å². The number of amides is 1. The summed E-state index contributed by atoms with van der Waals surface area (Å²) in [5.74, 6) is 1.53. The van der Waals surface area contributed by atoms with Gasteiger partial charge in [-0.1, -0.05) is 36.5 Å². The van der Waals surface area contributed by atoms with Crippen molar-refractivity contribution >= 4 is 33.5 Å². The number of anilines is 1. The highest BCUT2D eigenvalue weighted by molar-refractivity contribution is 7.15. The molecule has 1 aliphatic rings. The van der Waals surface area contributed by atoms with E-state index in [0.29, 0.717) is 50.2 Å². The quantitative estimate of drug-likeness (QED) is 0.420. The maximum absolute atomic E-state index is 13.3. The molecular weight excluding hydrogens is 456 g/mol. The fourth-order valence-electron chi connectivity index (χ4n) is 4.16. The van der Waals surface area contributed by atoms with E-state index in [2.05, 4.69) is 10.1 Å². The Kier molecular flexibility index (Phi) is 5.45. The highest BCUT2D eigenvalue weighted by atomic mass is 32.1. The lowest BCUT2D eigenvalue weighted by Crippen LogP contribution is -2.32. The number of hydrogen-bond acceptors (Lipinski definition) is 8. The van der Waals surface area contributed by atoms with Gasteiger partial charge in [0.25, 0.3) is 11.5 Å². The van der Waals surface area contributed by atoms with Crippen molar-refractivity contribution in [2.75, 3.05) is 32.8 Å². The van der Waals surface area contributed by atoms with Gasteiger partial charge in [-0.25, -0.2) is 0 Å². The molecule has 0 atom stereocenters. The first-order chi connectivity index (χ1) is 16.5. The molecule has 1 amide bonds. The smallest absolute Gasteiger partial charge is 0.291 e. The van der Waals surface area contributed by atoms with E-state index < -0.39 is 0 Å². The van der Waals surface area contributed by atoms with Crippen LogP contribution in [0, 0.1) is 0 Å². The van der Waals surface area contributed by atoms with Crippen molar-refractivity contribution in [3.63, 3.8) is 0 Å². The Labute approximate surface area is 198 Å². The molecule has 2 aromatic heterocycles. The number of para-hydroxylation sites is 1. The number of methoxy groups -OCH3 is 3. The van der Waals surface area contributed by atoms with Crippen LogP contribution in [0.5, 0.6) is 17.2 Å². The number of thiazole rings is 1. The highest BCUT2D eigenvalue weighted by Gasteiger charge is 2.33. The van der Waals surface area contributed by atoms with Crippen LogP contribution in [0.1, 0.15) is 18.9 Å². The van der Waals surface area contributed by atoms with Crippen molar-refractivity contribution in [2.45, 2.75) is 13.3 Å². The van der Waals surface area contributed by atoms with Gasteiger partial charge >= 0.3 is 0 Å². The minimum Gasteiger partial charge on any atom is -0.493 e. The second kappa shape index (κ2) is 8.45. The SMILES string of the molecule is CCCN1C(=O)C(=c2sc3nc(-c4cc(OC)c(OC)c(OC)c4)nn3c2=O)c2ccccc21. The first-order valence-corrected chi connectivity index (χ1v) is 11.5. The van der Waals surface area contributed by atoms with E-state index in [0.717, 1.165) is 29.0 Å². The summed E-state index contributed by atoms with van der Waals surface area (Å²) in [5.41, 5.74) is 2.21. The largest absolute Gasteiger partial charge is 0.493 e. The Hall–Kier alpha value is -3.92. The van der Waals surface area contributed by atoms with E-state index in [1.165, 1.54) is 25.8 Å². The summed E-state index contributed by atoms with van der Waals surface area (Å²) < 4.78 is 17.8. The summed E-state index contributed by atoms with van der Waals surface area (Å²) in [7, 11) is 4.58. The molecule has 10 heteroatoms. The molecule has 0 fully saturated rings. The van der Waals surface area contributed by atoms with Crippen LogP contribution in [0.4, 0.5) is 5.69 Å². The molecule has 0 N–H and O–H groups in total. The molecule has 4 aromatic rings. The second-order valence-electron chi connectivity index (χ2n) is 7.63. The van der Waals surface area contributed by atoms with Crippen molar-refractivity contribution in [1.29, 1.82) is 0 Å². The van der Waals surface area contributed by atoms with Gasteiger partial charge in [-0.05, 0) is 24.6 Å². The summed E-state index contributed by atoms with van der Waals surface area (Å²) in [5, 5.41) is 4.43. The maximum Gasteiger partial charge on any atom is 0.291 e. The number of aromatic nitrogens is 3. The number of ether oxygens (including phenoxy) is 3. The van der Waals surface area contributed by atoms with E-state index in [4.69, 9.17) is 14.2 Å². The number of rotatable bonds is 6. The summed E-state index contributed by atoms with van der Waals surface area (Å²) in [4.78, 5) is 33.3. The molecule has 34 heavy (non-hydrogen) atoms. The van der Waals surface area contributed by atoms with Crippen molar-refractivity contribution in [3.8, 4) is 28.6 Å². The third kappa shape index (κ3) is 3.21. The molecule has 0 saturated carbocycles. The maximum atomic E-state index is 13.3. The van der Waals surface area contributed by atoms with Gasteiger partial charge in [-0.15, -0.1) is 5.10 Å². The minimum absolute atomic E-state index is 0.172. The van der Waals surface area contributed by atoms with E-state index in [1.54, 1.807) is 17.0 Å². The molecule has 9 nitrogen and oxygen atoms in total. The average Bonchev–Trinajstić information content (AvgIpc) is 3.49. The zero-order chi connectivity index (χ0) is 24.0. The van der Waals surface area contributed by atoms with Crippen LogP contribution in [0.2, 0.25) is 0 Å². The normalized spacial score (nSPS) is 14.6. The number of nitrogens with zero attached hydrogens (tertiary/aromatic N) is 4. The molecule has 2 aromatic carbocycles. The molecule has 0 saturated heterocycles. The lowest BCUT2D eigenvalue weighted by Gasteiger charge is -2.15. The molecule has 0 aliphatic carbocycles. The van der Waals surface area contributed by atoms with E-state index >= 15 is 0 Å². The Morgan fingerprint density at radius 1 is 1.00 bits per heavy atom. The van der Waals surface area contributed by atoms with Crippen LogP contribution in [-0.2, 0) is 4.79 Å². The Morgan fingerprint density at radius 2 is 1.71 bits per heavy atom. The zero-order valence-corrected chi connectivity index (χ0v) is 19.9. The van der Waals surface area contributed by atoms with Gasteiger partial charge in [-0.3, -0.25) is 9.59 Å². The molecule has 1 aliphatic heterocycles. The summed E-state index contributed by atoms with van der Waals surface area (Å²) in [6.45, 7) is 2.60. The summed E-state index contributed by atoms with van der Waals surface area (Å²) >= 11 is 1.16. The van der Waals surface area contributed by atoms with Crippen LogP contribution in [0.3, 0.4) is 0 Å². The predicted molar refractivity (Wildman–Crippen MR) is 129 cm³/mol. The number of hydrogen-bond donors (Lipinski definition) is 0. The van der Waals surface area contributed by atoms with Gasteiger partial charge in [0.1, 0.15) is 4.53 Å². The summed E-state index contributed by atoms with van der Waals surface area (Å²) in [6.07, 6.45) is 0.811. The molecule has 0 radical (unpaired) electrons. The number of carbonyl (C=O) groups is 1. The molecule has 0 spiro atoms. The first-order valence-electron chi connectivity index (χ1n) is 10.7. The monoisotopic (exact) mass is 478 g/mol. The molecule has 3 heterocycles. The highest BCUT2D eigenvalue weighted by Crippen LogP contribution is 2.40.